The van der Waals surface area contributed by atoms with Gasteiger partial charge in [0.15, 0.2) is 5.75 Å². The van der Waals surface area contributed by atoms with E-state index in [1.54, 1.807) is 24.4 Å². The van der Waals surface area contributed by atoms with Gasteiger partial charge >= 0.3 is 0 Å². The third kappa shape index (κ3) is 5.32. The van der Waals surface area contributed by atoms with Crippen molar-refractivity contribution < 1.29 is 4.74 Å². The number of halogens is 2. The highest BCUT2D eigenvalue weighted by atomic mass is 35.5. The van der Waals surface area contributed by atoms with Crippen molar-refractivity contribution in [1.82, 2.24) is 9.66 Å². The molecule has 36 heavy (non-hydrogen) atoms. The van der Waals surface area contributed by atoms with Gasteiger partial charge in [-0.1, -0.05) is 84.4 Å². The molecule has 0 saturated heterocycles. The fraction of sp³-hybridized carbons (Fsp3) is 0.276. The first-order chi connectivity index (χ1) is 17.5. The Morgan fingerprint density at radius 2 is 1.78 bits per heavy atom. The summed E-state index contributed by atoms with van der Waals surface area (Å²) in [4.78, 5) is 18.2. The van der Waals surface area contributed by atoms with Crippen molar-refractivity contribution >= 4 is 40.3 Å². The zero-order chi connectivity index (χ0) is 25.1. The molecule has 0 N–H and O–H groups in total. The predicted octanol–water partition coefficient (Wildman–Crippen LogP) is 7.52. The van der Waals surface area contributed by atoms with E-state index in [0.29, 0.717) is 44.7 Å². The minimum atomic E-state index is -0.173. The van der Waals surface area contributed by atoms with Gasteiger partial charge in [0.05, 0.1) is 27.2 Å². The quantitative estimate of drug-likeness (QED) is 0.247. The highest BCUT2D eigenvalue weighted by Gasteiger charge is 2.22. The fourth-order valence-corrected chi connectivity index (χ4v) is 5.36. The highest BCUT2D eigenvalue weighted by Crippen LogP contribution is 2.35. The Hall–Kier alpha value is -3.15. The molecule has 0 amide bonds. The van der Waals surface area contributed by atoms with Crippen LogP contribution in [0.1, 0.15) is 60.5 Å². The molecular weight excluding hydrogens is 493 g/mol. The maximum Gasteiger partial charge on any atom is 0.282 e. The van der Waals surface area contributed by atoms with Gasteiger partial charge < -0.3 is 4.74 Å². The summed E-state index contributed by atoms with van der Waals surface area (Å²) in [5.74, 6) is 1.34. The molecule has 0 spiro atoms. The number of rotatable bonds is 6. The van der Waals surface area contributed by atoms with Crippen LogP contribution < -0.4 is 10.3 Å². The van der Waals surface area contributed by atoms with Gasteiger partial charge in [-0.2, -0.15) is 9.78 Å². The van der Waals surface area contributed by atoms with Crippen LogP contribution in [-0.4, -0.2) is 15.9 Å². The van der Waals surface area contributed by atoms with Crippen LogP contribution in [0.3, 0.4) is 0 Å². The molecule has 1 saturated carbocycles. The third-order valence-corrected chi connectivity index (χ3v) is 7.12. The van der Waals surface area contributed by atoms with Crippen LogP contribution in [0.25, 0.3) is 10.9 Å². The van der Waals surface area contributed by atoms with Crippen LogP contribution in [0.2, 0.25) is 10.0 Å². The summed E-state index contributed by atoms with van der Waals surface area (Å²) in [6, 6.07) is 19.0. The molecule has 1 heterocycles. The van der Waals surface area contributed by atoms with Gasteiger partial charge in [0, 0.05) is 5.92 Å². The molecule has 184 valence electrons. The molecule has 7 heteroatoms. The normalized spacial score (nSPS) is 14.5. The minimum absolute atomic E-state index is 0.173. The lowest BCUT2D eigenvalue weighted by Gasteiger charge is -2.22. The predicted molar refractivity (Wildman–Crippen MR) is 147 cm³/mol. The number of ether oxygens (including phenoxy) is 1. The summed E-state index contributed by atoms with van der Waals surface area (Å²) in [6.07, 6.45) is 7.09. The molecule has 1 fully saturated rings. The van der Waals surface area contributed by atoms with E-state index in [9.17, 15) is 4.79 Å². The second-order valence-corrected chi connectivity index (χ2v) is 10.1. The first-order valence-electron chi connectivity index (χ1n) is 12.2. The first-order valence-corrected chi connectivity index (χ1v) is 13.0. The van der Waals surface area contributed by atoms with Crippen LogP contribution in [0.15, 0.2) is 70.6 Å². The standard InChI is InChI=1S/C29H27Cl2N3O2/c1-19-8-7-9-20(14-19)18-36-27-24(30)15-21(16-25(27)31)17-32-34-28(22-10-3-2-4-11-22)33-26-13-6-5-12-23(26)29(34)35/h5-9,12-17,22H,2-4,10-11,18H2,1H3. The molecule has 0 unspecified atom stereocenters. The highest BCUT2D eigenvalue weighted by molar-refractivity contribution is 6.37. The van der Waals surface area contributed by atoms with Gasteiger partial charge in [0.1, 0.15) is 12.4 Å². The number of fused-ring (bicyclic) bond motifs is 1. The minimum Gasteiger partial charge on any atom is -0.486 e. The van der Waals surface area contributed by atoms with E-state index in [2.05, 4.69) is 11.2 Å². The van der Waals surface area contributed by atoms with Gasteiger partial charge in [0.25, 0.3) is 5.56 Å². The van der Waals surface area contributed by atoms with E-state index >= 15 is 0 Å². The van der Waals surface area contributed by atoms with Crippen molar-refractivity contribution in [3.63, 3.8) is 0 Å². The summed E-state index contributed by atoms with van der Waals surface area (Å²) >= 11 is 13.0. The summed E-state index contributed by atoms with van der Waals surface area (Å²) in [7, 11) is 0. The van der Waals surface area contributed by atoms with E-state index in [0.717, 1.165) is 36.8 Å². The maximum atomic E-state index is 13.4. The SMILES string of the molecule is Cc1cccc(COc2c(Cl)cc(C=Nn3c(C4CCCCC4)nc4ccccc4c3=O)cc2Cl)c1. The molecular formula is C29H27Cl2N3O2. The summed E-state index contributed by atoms with van der Waals surface area (Å²) in [5.41, 5.74) is 3.39. The van der Waals surface area contributed by atoms with Gasteiger partial charge in [-0.15, -0.1) is 0 Å². The molecule has 5 rings (SSSR count). The van der Waals surface area contributed by atoms with Gasteiger partial charge in [-0.3, -0.25) is 4.79 Å². The molecule has 0 atom stereocenters. The Morgan fingerprint density at radius 3 is 2.53 bits per heavy atom. The fourth-order valence-electron chi connectivity index (χ4n) is 4.75. The van der Waals surface area contributed by atoms with E-state index in [1.807, 2.05) is 43.3 Å². The van der Waals surface area contributed by atoms with Crippen molar-refractivity contribution in [2.75, 3.05) is 0 Å². The monoisotopic (exact) mass is 519 g/mol. The third-order valence-electron chi connectivity index (χ3n) is 6.56. The van der Waals surface area contributed by atoms with E-state index < -0.39 is 0 Å². The molecule has 0 aliphatic heterocycles. The number of para-hydroxylation sites is 1. The Labute approximate surface area is 220 Å². The Kier molecular flexibility index (Phi) is 7.40. The molecule has 4 aromatic rings. The topological polar surface area (TPSA) is 56.5 Å². The average molecular weight is 520 g/mol. The lowest BCUT2D eigenvalue weighted by molar-refractivity contribution is 0.306. The van der Waals surface area contributed by atoms with Crippen molar-refractivity contribution in [2.24, 2.45) is 5.10 Å². The first kappa shape index (κ1) is 24.5. The van der Waals surface area contributed by atoms with Gasteiger partial charge in [-0.25, -0.2) is 4.98 Å². The Morgan fingerprint density at radius 1 is 1.03 bits per heavy atom. The van der Waals surface area contributed by atoms with Crippen LogP contribution in [-0.2, 0) is 6.61 Å². The zero-order valence-corrected chi connectivity index (χ0v) is 21.6. The smallest absolute Gasteiger partial charge is 0.282 e. The second kappa shape index (κ2) is 10.9. The average Bonchev–Trinajstić information content (AvgIpc) is 2.88. The number of aromatic nitrogens is 2. The van der Waals surface area contributed by atoms with E-state index in [1.165, 1.54) is 11.1 Å². The molecule has 1 aromatic heterocycles. The van der Waals surface area contributed by atoms with Crippen LogP contribution >= 0.6 is 23.2 Å². The van der Waals surface area contributed by atoms with Crippen LogP contribution in [0, 0.1) is 6.92 Å². The number of benzene rings is 3. The van der Waals surface area contributed by atoms with E-state index in [4.69, 9.17) is 32.9 Å². The van der Waals surface area contributed by atoms with Crippen LogP contribution in [0.5, 0.6) is 5.75 Å². The maximum absolute atomic E-state index is 13.4. The summed E-state index contributed by atoms with van der Waals surface area (Å²) < 4.78 is 7.37. The van der Waals surface area contributed by atoms with Crippen LogP contribution in [0.4, 0.5) is 0 Å². The van der Waals surface area contributed by atoms with Crippen molar-refractivity contribution in [1.29, 1.82) is 0 Å². The lowest BCUT2D eigenvalue weighted by Crippen LogP contribution is -2.25. The lowest BCUT2D eigenvalue weighted by atomic mass is 9.88. The summed E-state index contributed by atoms with van der Waals surface area (Å²) in [5, 5.41) is 5.89. The second-order valence-electron chi connectivity index (χ2n) is 9.28. The van der Waals surface area contributed by atoms with E-state index in [-0.39, 0.29) is 11.5 Å². The summed E-state index contributed by atoms with van der Waals surface area (Å²) in [6.45, 7) is 2.39. The molecule has 0 radical (unpaired) electrons. The van der Waals surface area contributed by atoms with Crippen molar-refractivity contribution in [3.05, 3.63) is 104 Å². The van der Waals surface area contributed by atoms with Crippen molar-refractivity contribution in [2.45, 2.75) is 51.6 Å². The number of hydrogen-bond donors (Lipinski definition) is 0. The number of aryl methyl sites for hydroxylation is 1. The molecule has 3 aromatic carbocycles. The zero-order valence-electron chi connectivity index (χ0n) is 20.1. The van der Waals surface area contributed by atoms with Crippen molar-refractivity contribution in [3.8, 4) is 5.75 Å². The molecule has 0 bridgehead atoms. The van der Waals surface area contributed by atoms with Gasteiger partial charge in [0.2, 0.25) is 0 Å². The molecule has 1 aliphatic carbocycles. The molecule has 1 aliphatic rings. The number of hydrogen-bond acceptors (Lipinski definition) is 4. The molecule has 5 nitrogen and oxygen atoms in total. The number of nitrogens with zero attached hydrogens (tertiary/aromatic N) is 3. The largest absolute Gasteiger partial charge is 0.486 e. The Balaban J connectivity index is 1.46. The van der Waals surface area contributed by atoms with Gasteiger partial charge in [-0.05, 0) is 55.2 Å². The Bertz CT molecular complexity index is 1470.